The maximum absolute atomic E-state index is 12.1. The van der Waals surface area contributed by atoms with Crippen LogP contribution in [-0.4, -0.2) is 18.7 Å². The van der Waals surface area contributed by atoms with Gasteiger partial charge in [-0.1, -0.05) is 37.2 Å². The zero-order valence-corrected chi connectivity index (χ0v) is 12.3. The van der Waals surface area contributed by atoms with Crippen molar-refractivity contribution in [1.29, 1.82) is 0 Å². The van der Waals surface area contributed by atoms with Crippen molar-refractivity contribution < 1.29 is 8.42 Å². The van der Waals surface area contributed by atoms with E-state index < -0.39 is 10.0 Å². The molecule has 19 heavy (non-hydrogen) atoms. The third-order valence-electron chi connectivity index (χ3n) is 3.33. The highest BCUT2D eigenvalue weighted by Gasteiger charge is 2.28. The van der Waals surface area contributed by atoms with Crippen LogP contribution in [0.2, 0.25) is 0 Å². The second-order valence-electron chi connectivity index (χ2n) is 4.89. The predicted molar refractivity (Wildman–Crippen MR) is 81.7 cm³/mol. The van der Waals surface area contributed by atoms with Gasteiger partial charge < -0.3 is 5.73 Å². The summed E-state index contributed by atoms with van der Waals surface area (Å²) in [6, 6.07) is 7.18. The standard InChI is InChI=1S/C13H18N2O2S2/c14-13(18)9-10-5-7-11(8-6-10)15-19(16,17)12-3-1-2-4-12/h5-8,12,15H,1-4,9H2,(H2,14,18). The number of nitrogens with two attached hydrogens (primary N) is 1. The van der Waals surface area contributed by atoms with Crippen molar-refractivity contribution in [3.05, 3.63) is 29.8 Å². The Morgan fingerprint density at radius 1 is 1.26 bits per heavy atom. The summed E-state index contributed by atoms with van der Waals surface area (Å²) in [5, 5.41) is -0.246. The van der Waals surface area contributed by atoms with Gasteiger partial charge in [-0.25, -0.2) is 8.42 Å². The molecule has 1 fully saturated rings. The topological polar surface area (TPSA) is 72.2 Å². The number of hydrogen-bond acceptors (Lipinski definition) is 3. The molecule has 1 saturated carbocycles. The Bertz CT molecular complexity index is 547. The normalized spacial score (nSPS) is 16.4. The Hall–Kier alpha value is -1.14. The lowest BCUT2D eigenvalue weighted by atomic mass is 10.1. The monoisotopic (exact) mass is 298 g/mol. The lowest BCUT2D eigenvalue weighted by molar-refractivity contribution is 0.585. The molecule has 0 aromatic heterocycles. The number of hydrogen-bond donors (Lipinski definition) is 2. The third kappa shape index (κ3) is 3.91. The van der Waals surface area contributed by atoms with Crippen LogP contribution in [0, 0.1) is 0 Å². The number of sulfonamides is 1. The fourth-order valence-corrected chi connectivity index (χ4v) is 4.09. The Morgan fingerprint density at radius 3 is 2.37 bits per heavy atom. The quantitative estimate of drug-likeness (QED) is 0.817. The molecule has 1 aliphatic rings. The van der Waals surface area contributed by atoms with Gasteiger partial charge in [0, 0.05) is 12.1 Å². The van der Waals surface area contributed by atoms with Crippen molar-refractivity contribution in [2.45, 2.75) is 37.4 Å². The lowest BCUT2D eigenvalue weighted by Crippen LogP contribution is -2.25. The van der Waals surface area contributed by atoms with Crippen LogP contribution < -0.4 is 10.5 Å². The molecule has 3 N–H and O–H groups in total. The molecule has 0 radical (unpaired) electrons. The van der Waals surface area contributed by atoms with E-state index in [1.807, 2.05) is 12.1 Å². The highest BCUT2D eigenvalue weighted by molar-refractivity contribution is 7.93. The van der Waals surface area contributed by atoms with Crippen molar-refractivity contribution in [1.82, 2.24) is 0 Å². The highest BCUT2D eigenvalue weighted by Crippen LogP contribution is 2.26. The van der Waals surface area contributed by atoms with Crippen molar-refractivity contribution in [2.24, 2.45) is 5.73 Å². The summed E-state index contributed by atoms with van der Waals surface area (Å²) in [4.78, 5) is 0.430. The summed E-state index contributed by atoms with van der Waals surface area (Å²) >= 11 is 4.84. The van der Waals surface area contributed by atoms with Gasteiger partial charge in [0.2, 0.25) is 10.0 Å². The average molecular weight is 298 g/mol. The van der Waals surface area contributed by atoms with Crippen LogP contribution in [0.15, 0.2) is 24.3 Å². The van der Waals surface area contributed by atoms with Gasteiger partial charge in [-0.05, 0) is 30.5 Å². The van der Waals surface area contributed by atoms with Crippen molar-refractivity contribution in [3.8, 4) is 0 Å². The fraction of sp³-hybridized carbons (Fsp3) is 0.462. The first kappa shape index (κ1) is 14.3. The second-order valence-corrected chi connectivity index (χ2v) is 7.38. The van der Waals surface area contributed by atoms with Gasteiger partial charge >= 0.3 is 0 Å². The second kappa shape index (κ2) is 5.88. The van der Waals surface area contributed by atoms with Gasteiger partial charge in [0.15, 0.2) is 0 Å². The molecule has 1 aromatic rings. The Kier molecular flexibility index (Phi) is 4.42. The maximum Gasteiger partial charge on any atom is 0.235 e. The first-order valence-corrected chi connectivity index (χ1v) is 8.32. The highest BCUT2D eigenvalue weighted by atomic mass is 32.2. The summed E-state index contributed by atoms with van der Waals surface area (Å²) in [6.45, 7) is 0. The maximum atomic E-state index is 12.1. The molecule has 4 nitrogen and oxygen atoms in total. The van der Waals surface area contributed by atoms with Crippen LogP contribution >= 0.6 is 12.2 Å². The molecule has 0 aliphatic heterocycles. The molecule has 0 heterocycles. The molecule has 1 aromatic carbocycles. The molecule has 6 heteroatoms. The zero-order chi connectivity index (χ0) is 13.9. The van der Waals surface area contributed by atoms with Crippen LogP contribution in [0.3, 0.4) is 0 Å². The summed E-state index contributed by atoms with van der Waals surface area (Å²) < 4.78 is 26.9. The molecule has 0 atom stereocenters. The van der Waals surface area contributed by atoms with E-state index in [2.05, 4.69) is 4.72 Å². The van der Waals surface area contributed by atoms with Gasteiger partial charge in [-0.15, -0.1) is 0 Å². The Labute approximate surface area is 119 Å². The minimum Gasteiger partial charge on any atom is -0.393 e. The van der Waals surface area contributed by atoms with Crippen LogP contribution in [0.25, 0.3) is 0 Å². The summed E-state index contributed by atoms with van der Waals surface area (Å²) in [5.41, 5.74) is 7.05. The molecule has 0 spiro atoms. The van der Waals surface area contributed by atoms with Crippen molar-refractivity contribution >= 4 is 32.9 Å². The van der Waals surface area contributed by atoms with Gasteiger partial charge in [-0.2, -0.15) is 0 Å². The minimum absolute atomic E-state index is 0.246. The molecule has 2 rings (SSSR count). The van der Waals surface area contributed by atoms with Gasteiger partial charge in [0.1, 0.15) is 0 Å². The van der Waals surface area contributed by atoms with E-state index >= 15 is 0 Å². The summed E-state index contributed by atoms with van der Waals surface area (Å²) in [5.74, 6) is 0. The third-order valence-corrected chi connectivity index (χ3v) is 5.35. The van der Waals surface area contributed by atoms with E-state index in [9.17, 15) is 8.42 Å². The molecule has 1 aliphatic carbocycles. The van der Waals surface area contributed by atoms with E-state index in [4.69, 9.17) is 18.0 Å². The van der Waals surface area contributed by atoms with Crippen molar-refractivity contribution in [2.75, 3.05) is 4.72 Å². The zero-order valence-electron chi connectivity index (χ0n) is 10.6. The van der Waals surface area contributed by atoms with Crippen LogP contribution in [0.5, 0.6) is 0 Å². The van der Waals surface area contributed by atoms with Gasteiger partial charge in [-0.3, -0.25) is 4.72 Å². The van der Waals surface area contributed by atoms with E-state index in [-0.39, 0.29) is 5.25 Å². The molecule has 0 unspecified atom stereocenters. The lowest BCUT2D eigenvalue weighted by Gasteiger charge is -2.13. The first-order valence-electron chi connectivity index (χ1n) is 6.36. The number of anilines is 1. The Morgan fingerprint density at radius 2 is 1.84 bits per heavy atom. The minimum atomic E-state index is -3.25. The van der Waals surface area contributed by atoms with E-state index in [0.717, 1.165) is 31.2 Å². The molecule has 104 valence electrons. The average Bonchev–Trinajstić information content (AvgIpc) is 2.85. The molecular formula is C13H18N2O2S2. The van der Waals surface area contributed by atoms with Crippen LogP contribution in [0.1, 0.15) is 31.2 Å². The predicted octanol–water partition coefficient (Wildman–Crippen LogP) is 2.20. The molecule has 0 bridgehead atoms. The molecular weight excluding hydrogens is 280 g/mol. The largest absolute Gasteiger partial charge is 0.393 e. The fourth-order valence-electron chi connectivity index (χ4n) is 2.34. The van der Waals surface area contributed by atoms with Crippen LogP contribution in [-0.2, 0) is 16.4 Å². The SMILES string of the molecule is NC(=S)Cc1ccc(NS(=O)(=O)C2CCCC2)cc1. The smallest absolute Gasteiger partial charge is 0.235 e. The van der Waals surface area contributed by atoms with E-state index in [1.165, 1.54) is 0 Å². The van der Waals surface area contributed by atoms with E-state index in [0.29, 0.717) is 17.1 Å². The Balaban J connectivity index is 2.04. The molecule has 0 amide bonds. The number of thiocarbonyl (C=S) groups is 1. The van der Waals surface area contributed by atoms with Crippen LogP contribution in [0.4, 0.5) is 5.69 Å². The van der Waals surface area contributed by atoms with E-state index in [1.54, 1.807) is 12.1 Å². The number of benzene rings is 1. The first-order chi connectivity index (χ1) is 8.97. The summed E-state index contributed by atoms with van der Waals surface area (Å²) in [6.07, 6.45) is 4.05. The summed E-state index contributed by atoms with van der Waals surface area (Å²) in [7, 11) is -3.25. The number of rotatable bonds is 5. The number of nitrogens with one attached hydrogen (secondary N) is 1. The molecule has 0 saturated heterocycles. The van der Waals surface area contributed by atoms with Gasteiger partial charge in [0.05, 0.1) is 10.2 Å². The van der Waals surface area contributed by atoms with Crippen molar-refractivity contribution in [3.63, 3.8) is 0 Å². The van der Waals surface area contributed by atoms with Gasteiger partial charge in [0.25, 0.3) is 0 Å².